The summed E-state index contributed by atoms with van der Waals surface area (Å²) in [6, 6.07) is 0.426. The molecule has 0 aromatic heterocycles. The number of aliphatic imine (C=N–C) groups is 1. The number of rotatable bonds is 2. The Morgan fingerprint density at radius 1 is 1.20 bits per heavy atom. The van der Waals surface area contributed by atoms with E-state index in [0.717, 1.165) is 25.3 Å². The smallest absolute Gasteiger partial charge is 0.0940 e. The van der Waals surface area contributed by atoms with E-state index >= 15 is 0 Å². The first-order valence-corrected chi connectivity index (χ1v) is 6.28. The predicted molar refractivity (Wildman–Crippen MR) is 62.1 cm³/mol. The Kier molecular flexibility index (Phi) is 4.01. The van der Waals surface area contributed by atoms with Crippen LogP contribution in [0.25, 0.3) is 0 Å². The van der Waals surface area contributed by atoms with Gasteiger partial charge in [0.1, 0.15) is 0 Å². The highest BCUT2D eigenvalue weighted by molar-refractivity contribution is 5.80. The van der Waals surface area contributed by atoms with Crippen LogP contribution in [-0.4, -0.2) is 24.6 Å². The van der Waals surface area contributed by atoms with Gasteiger partial charge in [-0.2, -0.15) is 0 Å². The van der Waals surface area contributed by atoms with Crippen molar-refractivity contribution >= 4 is 5.84 Å². The van der Waals surface area contributed by atoms with Crippen molar-refractivity contribution in [1.29, 1.82) is 0 Å². The van der Waals surface area contributed by atoms with Gasteiger partial charge < -0.3 is 10.5 Å². The number of hydrogen-bond donors (Lipinski definition) is 1. The molecule has 0 saturated carbocycles. The molecule has 2 rings (SSSR count). The summed E-state index contributed by atoms with van der Waals surface area (Å²) >= 11 is 0. The second kappa shape index (κ2) is 5.50. The molecule has 2 heterocycles. The molecule has 1 fully saturated rings. The molecule has 0 spiro atoms. The lowest BCUT2D eigenvalue weighted by molar-refractivity contribution is 0.00715. The molecule has 0 aliphatic carbocycles. The molecular weight excluding hydrogens is 188 g/mol. The monoisotopic (exact) mass is 210 g/mol. The van der Waals surface area contributed by atoms with Crippen LogP contribution in [0, 0.1) is 0 Å². The molecule has 0 aromatic rings. The van der Waals surface area contributed by atoms with E-state index in [1.165, 1.54) is 38.5 Å². The molecular formula is C12H22N2O. The Balaban J connectivity index is 1.83. The fourth-order valence-electron chi connectivity index (χ4n) is 2.52. The summed E-state index contributed by atoms with van der Waals surface area (Å²) < 4.78 is 5.75. The van der Waals surface area contributed by atoms with Gasteiger partial charge in [0.15, 0.2) is 0 Å². The van der Waals surface area contributed by atoms with Gasteiger partial charge in [-0.25, -0.2) is 0 Å². The summed E-state index contributed by atoms with van der Waals surface area (Å²) in [4.78, 5) is 4.58. The highest BCUT2D eigenvalue weighted by Gasteiger charge is 2.20. The zero-order chi connectivity index (χ0) is 10.5. The van der Waals surface area contributed by atoms with E-state index in [4.69, 9.17) is 10.5 Å². The van der Waals surface area contributed by atoms with E-state index in [-0.39, 0.29) is 0 Å². The van der Waals surface area contributed by atoms with Crippen LogP contribution in [0.4, 0.5) is 0 Å². The Morgan fingerprint density at radius 2 is 2.07 bits per heavy atom. The van der Waals surface area contributed by atoms with Crippen LogP contribution in [-0.2, 0) is 4.74 Å². The molecule has 3 nitrogen and oxygen atoms in total. The van der Waals surface area contributed by atoms with Crippen LogP contribution >= 0.6 is 0 Å². The zero-order valence-corrected chi connectivity index (χ0v) is 9.45. The lowest BCUT2D eigenvalue weighted by Crippen LogP contribution is -2.24. The van der Waals surface area contributed by atoms with Crippen LogP contribution in [0.3, 0.4) is 0 Å². The number of nitrogens with zero attached hydrogens (tertiary/aromatic N) is 1. The molecule has 0 radical (unpaired) electrons. The third-order valence-corrected chi connectivity index (χ3v) is 3.38. The summed E-state index contributed by atoms with van der Waals surface area (Å²) in [6.07, 6.45) is 9.94. The van der Waals surface area contributed by atoms with Crippen LogP contribution in [0.15, 0.2) is 4.99 Å². The van der Waals surface area contributed by atoms with E-state index in [0.29, 0.717) is 12.1 Å². The van der Waals surface area contributed by atoms with E-state index < -0.39 is 0 Å². The SMILES string of the molecule is NC1=NC(CC2CCCCO2)CCCC1. The van der Waals surface area contributed by atoms with Gasteiger partial charge in [0.2, 0.25) is 0 Å². The molecule has 2 aliphatic rings. The molecule has 3 heteroatoms. The van der Waals surface area contributed by atoms with Crippen molar-refractivity contribution in [2.45, 2.75) is 63.5 Å². The minimum atomic E-state index is 0.426. The van der Waals surface area contributed by atoms with Gasteiger partial charge >= 0.3 is 0 Å². The Morgan fingerprint density at radius 3 is 2.87 bits per heavy atom. The molecule has 2 aliphatic heterocycles. The topological polar surface area (TPSA) is 47.6 Å². The number of hydrogen-bond acceptors (Lipinski definition) is 3. The largest absolute Gasteiger partial charge is 0.387 e. The van der Waals surface area contributed by atoms with Gasteiger partial charge in [-0.3, -0.25) is 4.99 Å². The highest BCUT2D eigenvalue weighted by atomic mass is 16.5. The van der Waals surface area contributed by atoms with Gasteiger partial charge in [-0.1, -0.05) is 6.42 Å². The lowest BCUT2D eigenvalue weighted by atomic mass is 9.99. The van der Waals surface area contributed by atoms with Crippen LogP contribution in [0.5, 0.6) is 0 Å². The second-order valence-corrected chi connectivity index (χ2v) is 4.74. The van der Waals surface area contributed by atoms with Crippen molar-refractivity contribution in [3.05, 3.63) is 0 Å². The van der Waals surface area contributed by atoms with Crippen LogP contribution < -0.4 is 5.73 Å². The van der Waals surface area contributed by atoms with E-state index in [2.05, 4.69) is 4.99 Å². The maximum Gasteiger partial charge on any atom is 0.0940 e. The first kappa shape index (κ1) is 10.9. The molecule has 2 N–H and O–H groups in total. The summed E-state index contributed by atoms with van der Waals surface area (Å²) in [5, 5.41) is 0. The second-order valence-electron chi connectivity index (χ2n) is 4.74. The van der Waals surface area contributed by atoms with Crippen molar-refractivity contribution in [1.82, 2.24) is 0 Å². The minimum Gasteiger partial charge on any atom is -0.387 e. The summed E-state index contributed by atoms with van der Waals surface area (Å²) in [5.41, 5.74) is 5.84. The molecule has 0 amide bonds. The molecule has 1 saturated heterocycles. The van der Waals surface area contributed by atoms with Gasteiger partial charge in [0.25, 0.3) is 0 Å². The standard InChI is InChI=1S/C12H22N2O/c13-12-7-2-1-5-10(14-12)9-11-6-3-4-8-15-11/h10-11H,1-9H2,(H2,13,14). The Bertz CT molecular complexity index is 222. The van der Waals surface area contributed by atoms with Crippen molar-refractivity contribution < 1.29 is 4.74 Å². The molecule has 15 heavy (non-hydrogen) atoms. The summed E-state index contributed by atoms with van der Waals surface area (Å²) in [6.45, 7) is 0.941. The van der Waals surface area contributed by atoms with Gasteiger partial charge in [0, 0.05) is 13.0 Å². The molecule has 2 atom stereocenters. The van der Waals surface area contributed by atoms with Crippen molar-refractivity contribution in [2.24, 2.45) is 10.7 Å². The fraction of sp³-hybridized carbons (Fsp3) is 0.917. The zero-order valence-electron chi connectivity index (χ0n) is 9.45. The first-order valence-electron chi connectivity index (χ1n) is 6.28. The average molecular weight is 210 g/mol. The Hall–Kier alpha value is -0.570. The first-order chi connectivity index (χ1) is 7.34. The molecule has 0 aromatic carbocycles. The van der Waals surface area contributed by atoms with Crippen LogP contribution in [0.1, 0.15) is 51.4 Å². The van der Waals surface area contributed by atoms with Crippen LogP contribution in [0.2, 0.25) is 0 Å². The van der Waals surface area contributed by atoms with E-state index in [9.17, 15) is 0 Å². The Labute approximate surface area is 92.1 Å². The number of amidine groups is 1. The lowest BCUT2D eigenvalue weighted by Gasteiger charge is -2.25. The van der Waals surface area contributed by atoms with E-state index in [1.807, 2.05) is 0 Å². The number of nitrogens with two attached hydrogens (primary N) is 1. The minimum absolute atomic E-state index is 0.426. The van der Waals surface area contributed by atoms with Crippen molar-refractivity contribution in [3.63, 3.8) is 0 Å². The predicted octanol–water partition coefficient (Wildman–Crippen LogP) is 2.25. The summed E-state index contributed by atoms with van der Waals surface area (Å²) in [5.74, 6) is 0.855. The summed E-state index contributed by atoms with van der Waals surface area (Å²) in [7, 11) is 0. The maximum atomic E-state index is 5.84. The third kappa shape index (κ3) is 3.49. The molecule has 0 bridgehead atoms. The third-order valence-electron chi connectivity index (χ3n) is 3.38. The molecule has 2 unspecified atom stereocenters. The van der Waals surface area contributed by atoms with Crippen molar-refractivity contribution in [3.8, 4) is 0 Å². The van der Waals surface area contributed by atoms with Gasteiger partial charge in [-0.05, 0) is 38.5 Å². The molecule has 86 valence electrons. The average Bonchev–Trinajstić information content (AvgIpc) is 2.44. The maximum absolute atomic E-state index is 5.84. The quantitative estimate of drug-likeness (QED) is 0.760. The van der Waals surface area contributed by atoms with E-state index in [1.54, 1.807) is 0 Å². The number of ether oxygens (including phenoxy) is 1. The fourth-order valence-corrected chi connectivity index (χ4v) is 2.52. The van der Waals surface area contributed by atoms with Gasteiger partial charge in [-0.15, -0.1) is 0 Å². The highest BCUT2D eigenvalue weighted by Crippen LogP contribution is 2.22. The normalized spacial score (nSPS) is 33.2. The van der Waals surface area contributed by atoms with Gasteiger partial charge in [0.05, 0.1) is 18.0 Å². The van der Waals surface area contributed by atoms with Crippen molar-refractivity contribution in [2.75, 3.05) is 6.61 Å².